The number of carboxylic acids is 1. The van der Waals surface area contributed by atoms with Gasteiger partial charge in [0.25, 0.3) is 0 Å². The zero-order chi connectivity index (χ0) is 17.1. The average Bonchev–Trinajstić information content (AvgIpc) is 2.97. The Hall–Kier alpha value is -1.82. The van der Waals surface area contributed by atoms with E-state index < -0.39 is 12.0 Å². The van der Waals surface area contributed by atoms with Crippen LogP contribution in [-0.4, -0.2) is 28.0 Å². The molecular formula is C18H21BrN2O3. The summed E-state index contributed by atoms with van der Waals surface area (Å²) in [5.41, 5.74) is 1.85. The van der Waals surface area contributed by atoms with Crippen LogP contribution in [0.4, 0.5) is 0 Å². The van der Waals surface area contributed by atoms with Gasteiger partial charge in [-0.2, -0.15) is 0 Å². The van der Waals surface area contributed by atoms with Crippen LogP contribution in [0.2, 0.25) is 0 Å². The summed E-state index contributed by atoms with van der Waals surface area (Å²) in [6, 6.07) is 4.93. The number of amides is 1. The molecular weight excluding hydrogens is 372 g/mol. The van der Waals surface area contributed by atoms with Gasteiger partial charge in [0, 0.05) is 33.9 Å². The number of aliphatic carboxylic acids is 1. The third-order valence-electron chi connectivity index (χ3n) is 4.74. The molecule has 1 heterocycles. The Kier molecular flexibility index (Phi) is 5.23. The number of rotatable bonds is 5. The summed E-state index contributed by atoms with van der Waals surface area (Å²) in [5.74, 6) is -1.16. The number of carbonyl (C=O) groups is 2. The van der Waals surface area contributed by atoms with E-state index in [0.717, 1.165) is 53.0 Å². The fourth-order valence-electron chi connectivity index (χ4n) is 3.39. The van der Waals surface area contributed by atoms with Gasteiger partial charge < -0.3 is 15.4 Å². The first-order chi connectivity index (χ1) is 11.5. The van der Waals surface area contributed by atoms with Gasteiger partial charge in [-0.3, -0.25) is 4.79 Å². The molecule has 1 aromatic heterocycles. The first kappa shape index (κ1) is 17.0. The summed E-state index contributed by atoms with van der Waals surface area (Å²) in [7, 11) is 0. The lowest BCUT2D eigenvalue weighted by molar-refractivity contribution is -0.142. The lowest BCUT2D eigenvalue weighted by atomic mass is 9.88. The minimum atomic E-state index is -0.997. The number of aromatic amines is 1. The second-order valence-electron chi connectivity index (χ2n) is 6.44. The normalized spacial score (nSPS) is 16.9. The van der Waals surface area contributed by atoms with Gasteiger partial charge in [0.05, 0.1) is 0 Å². The van der Waals surface area contributed by atoms with Crippen molar-refractivity contribution < 1.29 is 14.7 Å². The molecule has 0 saturated heterocycles. The first-order valence-electron chi connectivity index (χ1n) is 8.33. The Bertz CT molecular complexity index is 750. The second-order valence-corrected chi connectivity index (χ2v) is 7.36. The fourth-order valence-corrected chi connectivity index (χ4v) is 3.75. The smallest absolute Gasteiger partial charge is 0.326 e. The lowest BCUT2D eigenvalue weighted by Crippen LogP contribution is -2.45. The maximum absolute atomic E-state index is 12.4. The van der Waals surface area contributed by atoms with Crippen LogP contribution in [0.1, 0.15) is 37.7 Å². The van der Waals surface area contributed by atoms with Crippen molar-refractivity contribution in [3.8, 4) is 0 Å². The van der Waals surface area contributed by atoms with Crippen LogP contribution in [0, 0.1) is 5.92 Å². The van der Waals surface area contributed by atoms with Crippen molar-refractivity contribution in [3.63, 3.8) is 0 Å². The molecule has 128 valence electrons. The van der Waals surface area contributed by atoms with E-state index in [1.54, 1.807) is 0 Å². The molecule has 0 radical (unpaired) electrons. The van der Waals surface area contributed by atoms with E-state index in [1.807, 2.05) is 24.4 Å². The standard InChI is InChI=1S/C18H21BrN2O3/c19-13-6-7-15-14(9-13)12(10-20-15)8-16(18(23)24)21-17(22)11-4-2-1-3-5-11/h6-7,9-11,16,20H,1-5,8H2,(H,21,22)(H,23,24). The molecule has 1 aliphatic rings. The SMILES string of the molecule is O=C(NC(Cc1c[nH]c2ccc(Br)cc12)C(=O)O)C1CCCCC1. The Morgan fingerprint density at radius 2 is 2.04 bits per heavy atom. The van der Waals surface area contributed by atoms with Gasteiger partial charge in [0.15, 0.2) is 0 Å². The van der Waals surface area contributed by atoms with Crippen LogP contribution in [0.3, 0.4) is 0 Å². The molecule has 5 nitrogen and oxygen atoms in total. The van der Waals surface area contributed by atoms with Crippen molar-refractivity contribution in [2.45, 2.75) is 44.6 Å². The predicted octanol–water partition coefficient (Wildman–Crippen LogP) is 3.62. The van der Waals surface area contributed by atoms with Crippen LogP contribution < -0.4 is 5.32 Å². The van der Waals surface area contributed by atoms with Crippen molar-refractivity contribution in [2.24, 2.45) is 5.92 Å². The third-order valence-corrected chi connectivity index (χ3v) is 5.24. The van der Waals surface area contributed by atoms with E-state index in [1.165, 1.54) is 0 Å². The molecule has 1 amide bonds. The predicted molar refractivity (Wildman–Crippen MR) is 95.8 cm³/mol. The minimum absolute atomic E-state index is 0.0438. The van der Waals surface area contributed by atoms with Gasteiger partial charge >= 0.3 is 5.97 Å². The van der Waals surface area contributed by atoms with Gasteiger partial charge in [0.1, 0.15) is 6.04 Å². The Morgan fingerprint density at radius 1 is 1.29 bits per heavy atom. The van der Waals surface area contributed by atoms with Gasteiger partial charge in [0.2, 0.25) is 5.91 Å². The van der Waals surface area contributed by atoms with Crippen LogP contribution in [0.15, 0.2) is 28.9 Å². The topological polar surface area (TPSA) is 82.2 Å². The summed E-state index contributed by atoms with van der Waals surface area (Å²) in [6.07, 6.45) is 7.06. The monoisotopic (exact) mass is 392 g/mol. The number of carboxylic acid groups (broad SMARTS) is 1. The maximum Gasteiger partial charge on any atom is 0.326 e. The van der Waals surface area contributed by atoms with Crippen molar-refractivity contribution in [3.05, 3.63) is 34.4 Å². The van der Waals surface area contributed by atoms with Crippen molar-refractivity contribution in [1.29, 1.82) is 0 Å². The quantitative estimate of drug-likeness (QED) is 0.726. The summed E-state index contributed by atoms with van der Waals surface area (Å²) in [5, 5.41) is 13.2. The number of nitrogens with one attached hydrogen (secondary N) is 2. The van der Waals surface area contributed by atoms with Crippen LogP contribution in [0.5, 0.6) is 0 Å². The van der Waals surface area contributed by atoms with Crippen molar-refractivity contribution in [2.75, 3.05) is 0 Å². The zero-order valence-corrected chi connectivity index (χ0v) is 14.9. The maximum atomic E-state index is 12.4. The van der Waals surface area contributed by atoms with E-state index in [4.69, 9.17) is 0 Å². The number of halogens is 1. The summed E-state index contributed by atoms with van der Waals surface area (Å²) < 4.78 is 0.939. The van der Waals surface area contributed by atoms with Gasteiger partial charge in [-0.1, -0.05) is 35.2 Å². The average molecular weight is 393 g/mol. The molecule has 1 unspecified atom stereocenters. The van der Waals surface area contributed by atoms with Crippen LogP contribution in [0.25, 0.3) is 10.9 Å². The van der Waals surface area contributed by atoms with E-state index in [9.17, 15) is 14.7 Å². The van der Waals surface area contributed by atoms with Crippen molar-refractivity contribution >= 4 is 38.7 Å². The molecule has 3 rings (SSSR count). The van der Waals surface area contributed by atoms with Gasteiger partial charge in [-0.15, -0.1) is 0 Å². The fraction of sp³-hybridized carbons (Fsp3) is 0.444. The molecule has 2 aromatic rings. The molecule has 0 aliphatic heterocycles. The number of benzene rings is 1. The van der Waals surface area contributed by atoms with Crippen LogP contribution >= 0.6 is 15.9 Å². The molecule has 24 heavy (non-hydrogen) atoms. The summed E-state index contributed by atoms with van der Waals surface area (Å²) >= 11 is 3.44. The second kappa shape index (κ2) is 7.38. The van der Waals surface area contributed by atoms with E-state index in [2.05, 4.69) is 26.2 Å². The van der Waals surface area contributed by atoms with E-state index >= 15 is 0 Å². The molecule has 1 aromatic carbocycles. The molecule has 3 N–H and O–H groups in total. The Morgan fingerprint density at radius 3 is 2.75 bits per heavy atom. The van der Waals surface area contributed by atoms with Gasteiger partial charge in [-0.25, -0.2) is 4.79 Å². The highest BCUT2D eigenvalue weighted by Gasteiger charge is 2.27. The molecule has 6 heteroatoms. The lowest BCUT2D eigenvalue weighted by Gasteiger charge is -2.23. The summed E-state index contributed by atoms with van der Waals surface area (Å²) in [4.78, 5) is 27.1. The highest BCUT2D eigenvalue weighted by molar-refractivity contribution is 9.10. The third kappa shape index (κ3) is 3.80. The number of aromatic nitrogens is 1. The molecule has 0 spiro atoms. The largest absolute Gasteiger partial charge is 0.480 e. The van der Waals surface area contributed by atoms with Crippen molar-refractivity contribution in [1.82, 2.24) is 10.3 Å². The Labute approximate surface area is 149 Å². The number of fused-ring (bicyclic) bond motifs is 1. The molecule has 1 saturated carbocycles. The highest BCUT2D eigenvalue weighted by Crippen LogP contribution is 2.25. The number of hydrogen-bond donors (Lipinski definition) is 3. The van der Waals surface area contributed by atoms with E-state index in [-0.39, 0.29) is 18.2 Å². The zero-order valence-electron chi connectivity index (χ0n) is 13.3. The number of H-pyrrole nitrogens is 1. The number of hydrogen-bond acceptors (Lipinski definition) is 2. The highest BCUT2D eigenvalue weighted by atomic mass is 79.9. The minimum Gasteiger partial charge on any atom is -0.480 e. The molecule has 0 bridgehead atoms. The van der Waals surface area contributed by atoms with E-state index in [0.29, 0.717) is 0 Å². The van der Waals surface area contributed by atoms with Crippen LogP contribution in [-0.2, 0) is 16.0 Å². The first-order valence-corrected chi connectivity index (χ1v) is 9.12. The summed E-state index contributed by atoms with van der Waals surface area (Å²) in [6.45, 7) is 0. The molecule has 1 fully saturated rings. The number of carbonyl (C=O) groups excluding carboxylic acids is 1. The molecule has 1 aliphatic carbocycles. The molecule has 1 atom stereocenters. The Balaban J connectivity index is 1.74. The van der Waals surface area contributed by atoms with Gasteiger partial charge in [-0.05, 0) is 36.6 Å².